The summed E-state index contributed by atoms with van der Waals surface area (Å²) < 4.78 is 4.82. The lowest BCUT2D eigenvalue weighted by Crippen LogP contribution is -2.07. The molecule has 0 fully saturated rings. The summed E-state index contributed by atoms with van der Waals surface area (Å²) in [5.74, 6) is -0.365. The molecule has 0 aromatic heterocycles. The highest BCUT2D eigenvalue weighted by molar-refractivity contribution is 5.97. The molecule has 0 aliphatic carbocycles. The highest BCUT2D eigenvalue weighted by atomic mass is 16.5. The molecule has 0 saturated carbocycles. The van der Waals surface area contributed by atoms with Crippen LogP contribution in [0.5, 0.6) is 0 Å². The van der Waals surface area contributed by atoms with E-state index in [1.165, 1.54) is 5.56 Å². The van der Waals surface area contributed by atoms with Gasteiger partial charge in [-0.05, 0) is 25.0 Å². The fourth-order valence-corrected chi connectivity index (χ4v) is 2.19. The van der Waals surface area contributed by atoms with E-state index < -0.39 is 0 Å². The summed E-state index contributed by atoms with van der Waals surface area (Å²) in [6.07, 6.45) is 0.315. The van der Waals surface area contributed by atoms with Crippen LogP contribution in [0.1, 0.15) is 35.7 Å². The fourth-order valence-electron chi connectivity index (χ4n) is 2.19. The summed E-state index contributed by atoms with van der Waals surface area (Å²) in [5, 5.41) is 0. The number of rotatable bonds is 6. The van der Waals surface area contributed by atoms with Crippen LogP contribution in [-0.2, 0) is 9.53 Å². The van der Waals surface area contributed by atoms with E-state index in [0.717, 1.165) is 11.1 Å². The highest BCUT2D eigenvalue weighted by Gasteiger charge is 2.10. The van der Waals surface area contributed by atoms with Gasteiger partial charge in [-0.25, -0.2) is 0 Å². The Labute approximate surface area is 130 Å². The molecule has 0 spiro atoms. The van der Waals surface area contributed by atoms with Gasteiger partial charge < -0.3 is 4.74 Å². The molecule has 22 heavy (non-hydrogen) atoms. The molecule has 0 amide bonds. The summed E-state index contributed by atoms with van der Waals surface area (Å²) >= 11 is 0. The van der Waals surface area contributed by atoms with Crippen LogP contribution >= 0.6 is 0 Å². The van der Waals surface area contributed by atoms with Gasteiger partial charge in [0, 0.05) is 12.0 Å². The number of Topliss-reactive ketones (excluding diaryl/α,β-unsaturated/α-hetero) is 1. The summed E-state index contributed by atoms with van der Waals surface area (Å²) in [4.78, 5) is 23.3. The minimum absolute atomic E-state index is 0.0384. The molecule has 0 bridgehead atoms. The van der Waals surface area contributed by atoms with Crippen molar-refractivity contribution in [3.63, 3.8) is 0 Å². The Hall–Kier alpha value is -2.42. The van der Waals surface area contributed by atoms with Gasteiger partial charge in [0.2, 0.25) is 0 Å². The highest BCUT2D eigenvalue weighted by Crippen LogP contribution is 2.20. The van der Waals surface area contributed by atoms with E-state index in [1.807, 2.05) is 24.3 Å². The maximum absolute atomic E-state index is 12.0. The molecule has 2 aromatic rings. The first-order valence-corrected chi connectivity index (χ1v) is 7.46. The molecule has 2 rings (SSSR count). The van der Waals surface area contributed by atoms with Crippen molar-refractivity contribution in [3.05, 3.63) is 59.7 Å². The van der Waals surface area contributed by atoms with Crippen LogP contribution in [0, 0.1) is 6.92 Å². The van der Waals surface area contributed by atoms with E-state index >= 15 is 0 Å². The van der Waals surface area contributed by atoms with Gasteiger partial charge in [0.15, 0.2) is 5.78 Å². The quantitative estimate of drug-likeness (QED) is 0.593. The van der Waals surface area contributed by atoms with Crippen LogP contribution in [0.15, 0.2) is 48.5 Å². The molecule has 0 atom stereocenters. The number of benzene rings is 2. The van der Waals surface area contributed by atoms with E-state index in [2.05, 4.69) is 31.2 Å². The predicted octanol–water partition coefficient (Wildman–Crippen LogP) is 4.19. The van der Waals surface area contributed by atoms with Crippen molar-refractivity contribution in [2.24, 2.45) is 0 Å². The van der Waals surface area contributed by atoms with Crippen molar-refractivity contribution < 1.29 is 14.3 Å². The first-order chi connectivity index (χ1) is 10.6. The average Bonchev–Trinajstić information content (AvgIpc) is 2.54. The molecule has 0 radical (unpaired) electrons. The van der Waals surface area contributed by atoms with Crippen LogP contribution in [0.4, 0.5) is 0 Å². The van der Waals surface area contributed by atoms with Crippen LogP contribution in [-0.4, -0.2) is 18.4 Å². The molecule has 2 aromatic carbocycles. The van der Waals surface area contributed by atoms with Crippen LogP contribution < -0.4 is 0 Å². The normalized spacial score (nSPS) is 10.3. The molecular weight excluding hydrogens is 276 g/mol. The smallest absolute Gasteiger partial charge is 0.306 e. The maximum Gasteiger partial charge on any atom is 0.306 e. The number of ether oxygens (including phenoxy) is 1. The lowest BCUT2D eigenvalue weighted by molar-refractivity contribution is -0.143. The Kier molecular flexibility index (Phi) is 5.48. The van der Waals surface area contributed by atoms with E-state index in [0.29, 0.717) is 12.2 Å². The second-order valence-electron chi connectivity index (χ2n) is 5.17. The van der Waals surface area contributed by atoms with Crippen LogP contribution in [0.3, 0.4) is 0 Å². The summed E-state index contributed by atoms with van der Waals surface area (Å²) in [6.45, 7) is 4.15. The second-order valence-corrected chi connectivity index (χ2v) is 5.17. The van der Waals surface area contributed by atoms with Crippen molar-refractivity contribution >= 4 is 11.8 Å². The third kappa shape index (κ3) is 4.29. The summed E-state index contributed by atoms with van der Waals surface area (Å²) in [6, 6.07) is 15.7. The largest absolute Gasteiger partial charge is 0.466 e. The van der Waals surface area contributed by atoms with Gasteiger partial charge in [-0.1, -0.05) is 54.1 Å². The summed E-state index contributed by atoms with van der Waals surface area (Å²) in [7, 11) is 0. The minimum Gasteiger partial charge on any atom is -0.466 e. The Morgan fingerprint density at radius 1 is 0.864 bits per heavy atom. The molecule has 0 N–H and O–H groups in total. The number of carbonyl (C=O) groups is 2. The predicted molar refractivity (Wildman–Crippen MR) is 86.8 cm³/mol. The third-order valence-electron chi connectivity index (χ3n) is 3.45. The molecule has 0 heterocycles. The van der Waals surface area contributed by atoms with Gasteiger partial charge in [-0.3, -0.25) is 9.59 Å². The van der Waals surface area contributed by atoms with E-state index in [1.54, 1.807) is 6.92 Å². The molecule has 0 aliphatic heterocycles. The van der Waals surface area contributed by atoms with Crippen molar-refractivity contribution in [1.29, 1.82) is 0 Å². The fraction of sp³-hybridized carbons (Fsp3) is 0.263. The number of aryl methyl sites for hydroxylation is 1. The lowest BCUT2D eigenvalue weighted by atomic mass is 10.0. The van der Waals surface area contributed by atoms with Gasteiger partial charge in [-0.15, -0.1) is 0 Å². The zero-order valence-corrected chi connectivity index (χ0v) is 13.0. The van der Waals surface area contributed by atoms with Crippen molar-refractivity contribution in [1.82, 2.24) is 0 Å². The zero-order chi connectivity index (χ0) is 15.9. The molecule has 114 valence electrons. The molecule has 3 nitrogen and oxygen atoms in total. The number of hydrogen-bond donors (Lipinski definition) is 0. The Morgan fingerprint density at radius 2 is 1.41 bits per heavy atom. The van der Waals surface area contributed by atoms with Crippen molar-refractivity contribution in [3.8, 4) is 11.1 Å². The van der Waals surface area contributed by atoms with Gasteiger partial charge in [0.1, 0.15) is 0 Å². The number of carbonyl (C=O) groups excluding carboxylic acids is 2. The molecule has 3 heteroatoms. The maximum atomic E-state index is 12.0. The third-order valence-corrected chi connectivity index (χ3v) is 3.45. The molecule has 0 saturated heterocycles. The zero-order valence-electron chi connectivity index (χ0n) is 13.0. The van der Waals surface area contributed by atoms with E-state index in [9.17, 15) is 9.59 Å². The monoisotopic (exact) mass is 296 g/mol. The Bertz CT molecular complexity index is 639. The van der Waals surface area contributed by atoms with Gasteiger partial charge in [-0.2, -0.15) is 0 Å². The van der Waals surface area contributed by atoms with Crippen LogP contribution in [0.2, 0.25) is 0 Å². The van der Waals surface area contributed by atoms with E-state index in [4.69, 9.17) is 4.74 Å². The first-order valence-electron chi connectivity index (χ1n) is 7.46. The molecule has 0 aliphatic rings. The minimum atomic E-state index is -0.327. The number of esters is 1. The number of ketones is 1. The SMILES string of the molecule is CCOC(=O)CCC(=O)c1ccc(-c2ccc(C)cc2)cc1. The van der Waals surface area contributed by atoms with Crippen molar-refractivity contribution in [2.75, 3.05) is 6.61 Å². The second kappa shape index (κ2) is 7.55. The van der Waals surface area contributed by atoms with Gasteiger partial charge >= 0.3 is 5.97 Å². The average molecular weight is 296 g/mol. The lowest BCUT2D eigenvalue weighted by Gasteiger charge is -2.05. The molecule has 0 unspecified atom stereocenters. The van der Waals surface area contributed by atoms with Gasteiger partial charge in [0.25, 0.3) is 0 Å². The number of hydrogen-bond acceptors (Lipinski definition) is 3. The standard InChI is InChI=1S/C19H20O3/c1-3-22-19(21)13-12-18(20)17-10-8-16(9-11-17)15-6-4-14(2)5-7-15/h4-11H,3,12-13H2,1-2H3. The van der Waals surface area contributed by atoms with Crippen molar-refractivity contribution in [2.45, 2.75) is 26.7 Å². The van der Waals surface area contributed by atoms with E-state index in [-0.39, 0.29) is 24.6 Å². The Balaban J connectivity index is 2.00. The molecular formula is C19H20O3. The summed E-state index contributed by atoms with van der Waals surface area (Å²) in [5.41, 5.74) is 4.03. The Morgan fingerprint density at radius 3 is 1.95 bits per heavy atom. The topological polar surface area (TPSA) is 43.4 Å². The first kappa shape index (κ1) is 16.0. The van der Waals surface area contributed by atoms with Gasteiger partial charge in [0.05, 0.1) is 13.0 Å². The van der Waals surface area contributed by atoms with Crippen LogP contribution in [0.25, 0.3) is 11.1 Å².